The maximum Gasteiger partial charge on any atom is 0.333 e. The molecule has 0 unspecified atom stereocenters. The molecule has 1 aromatic heterocycles. The molecular weight excluding hydrogens is 276 g/mol. The van der Waals surface area contributed by atoms with Crippen LogP contribution in [-0.4, -0.2) is 41.4 Å². The molecule has 0 radical (unpaired) electrons. The second kappa shape index (κ2) is 7.58. The molecule has 1 rings (SSSR count). The number of carbonyl (C=O) groups is 2. The summed E-state index contributed by atoms with van der Waals surface area (Å²) in [5.74, 6) is -1.09. The topological polar surface area (TPSA) is 102 Å². The molecule has 2 N–H and O–H groups in total. The Morgan fingerprint density at radius 1 is 1.52 bits per heavy atom. The molecule has 1 amide bonds. The van der Waals surface area contributed by atoms with Gasteiger partial charge >= 0.3 is 5.97 Å². The van der Waals surface area contributed by atoms with Crippen molar-refractivity contribution in [1.29, 1.82) is 0 Å². The lowest BCUT2D eigenvalue weighted by Gasteiger charge is -2.27. The highest BCUT2D eigenvalue weighted by Crippen LogP contribution is 2.15. The minimum atomic E-state index is -0.965. The largest absolute Gasteiger partial charge is 0.466 e. The number of rotatable bonds is 7. The van der Waals surface area contributed by atoms with Gasteiger partial charge in [0, 0.05) is 18.1 Å². The average molecular weight is 296 g/mol. The van der Waals surface area contributed by atoms with E-state index in [-0.39, 0.29) is 23.6 Å². The van der Waals surface area contributed by atoms with Gasteiger partial charge < -0.3 is 19.7 Å². The van der Waals surface area contributed by atoms with E-state index in [2.05, 4.69) is 26.3 Å². The summed E-state index contributed by atoms with van der Waals surface area (Å²) in [5.41, 5.74) is 0.269. The van der Waals surface area contributed by atoms with Gasteiger partial charge in [-0.15, -0.1) is 0 Å². The van der Waals surface area contributed by atoms with Gasteiger partial charge in [0.25, 0.3) is 5.91 Å². The Morgan fingerprint density at radius 3 is 2.67 bits per heavy atom. The fourth-order valence-electron chi connectivity index (χ4n) is 1.87. The maximum atomic E-state index is 11.9. The minimum absolute atomic E-state index is 0.00855. The fourth-order valence-corrected chi connectivity index (χ4v) is 1.87. The number of carbonyl (C=O) groups excluding carboxylic acids is 2. The summed E-state index contributed by atoms with van der Waals surface area (Å²) in [7, 11) is 1.24. The molecule has 0 fully saturated rings. The molecule has 7 heteroatoms. The van der Waals surface area contributed by atoms with Gasteiger partial charge in [0.1, 0.15) is 6.26 Å². The number of nitrogens with one attached hydrogen (secondary N) is 1. The zero-order chi connectivity index (χ0) is 16.0. The molecule has 21 heavy (non-hydrogen) atoms. The Bertz CT molecular complexity index is 495. The highest BCUT2D eigenvalue weighted by molar-refractivity contribution is 5.92. The van der Waals surface area contributed by atoms with Crippen LogP contribution >= 0.6 is 0 Å². The van der Waals surface area contributed by atoms with Crippen LogP contribution in [0.1, 0.15) is 30.8 Å². The molecule has 0 bridgehead atoms. The standard InChI is InChI=1S/C14H20N2O5/c1-8(2)12(11(17)7-9(3)14(19)20-4)15-13(18)10-5-6-21-16-10/h5-6,8,11-12,17H,3,7H2,1-2,4H3,(H,15,18)/t11-,12+/m1/s1. The molecule has 116 valence electrons. The normalized spacial score (nSPS) is 13.6. The van der Waals surface area contributed by atoms with Crippen molar-refractivity contribution in [3.05, 3.63) is 30.2 Å². The van der Waals surface area contributed by atoms with Gasteiger partial charge in [0.05, 0.1) is 19.3 Å². The predicted molar refractivity (Wildman–Crippen MR) is 74.4 cm³/mol. The van der Waals surface area contributed by atoms with Gasteiger partial charge in [-0.25, -0.2) is 4.79 Å². The molecule has 1 aromatic rings. The van der Waals surface area contributed by atoms with Gasteiger partial charge in [-0.1, -0.05) is 25.6 Å². The van der Waals surface area contributed by atoms with Gasteiger partial charge in [-0.2, -0.15) is 0 Å². The third-order valence-electron chi connectivity index (χ3n) is 3.03. The smallest absolute Gasteiger partial charge is 0.333 e. The molecule has 0 aromatic carbocycles. The average Bonchev–Trinajstić information content (AvgIpc) is 2.96. The molecule has 1 heterocycles. The molecule has 0 aliphatic carbocycles. The van der Waals surface area contributed by atoms with Crippen LogP contribution in [0.15, 0.2) is 29.0 Å². The summed E-state index contributed by atoms with van der Waals surface area (Å²) < 4.78 is 9.13. The molecule has 7 nitrogen and oxygen atoms in total. The summed E-state index contributed by atoms with van der Waals surface area (Å²) in [6.07, 6.45) is 0.330. The van der Waals surface area contributed by atoms with Crippen molar-refractivity contribution in [2.75, 3.05) is 7.11 Å². The summed E-state index contributed by atoms with van der Waals surface area (Å²) >= 11 is 0. The van der Waals surface area contributed by atoms with E-state index in [9.17, 15) is 14.7 Å². The highest BCUT2D eigenvalue weighted by atomic mass is 16.5. The second-order valence-corrected chi connectivity index (χ2v) is 4.99. The van der Waals surface area contributed by atoms with E-state index in [0.29, 0.717) is 0 Å². The van der Waals surface area contributed by atoms with E-state index in [0.717, 1.165) is 0 Å². The van der Waals surface area contributed by atoms with Crippen molar-refractivity contribution in [2.24, 2.45) is 5.92 Å². The number of methoxy groups -OCH3 is 1. The lowest BCUT2D eigenvalue weighted by molar-refractivity contribution is -0.136. The predicted octanol–water partition coefficient (Wildman–Crippen LogP) is 0.909. The van der Waals surface area contributed by atoms with E-state index in [1.165, 1.54) is 19.4 Å². The van der Waals surface area contributed by atoms with E-state index in [4.69, 9.17) is 0 Å². The van der Waals surface area contributed by atoms with Crippen LogP contribution < -0.4 is 5.32 Å². The lowest BCUT2D eigenvalue weighted by Crippen LogP contribution is -2.47. The Balaban J connectivity index is 2.70. The van der Waals surface area contributed by atoms with Crippen LogP contribution in [0.25, 0.3) is 0 Å². The highest BCUT2D eigenvalue weighted by Gasteiger charge is 2.27. The molecule has 0 saturated heterocycles. The third-order valence-corrected chi connectivity index (χ3v) is 3.03. The first-order valence-electron chi connectivity index (χ1n) is 6.52. The van der Waals surface area contributed by atoms with Crippen molar-refractivity contribution >= 4 is 11.9 Å². The molecule has 0 aliphatic heterocycles. The van der Waals surface area contributed by atoms with E-state index < -0.39 is 24.0 Å². The molecule has 0 spiro atoms. The monoisotopic (exact) mass is 296 g/mol. The maximum absolute atomic E-state index is 11.9. The van der Waals surface area contributed by atoms with Crippen LogP contribution in [0.5, 0.6) is 0 Å². The lowest BCUT2D eigenvalue weighted by atomic mass is 9.94. The van der Waals surface area contributed by atoms with Gasteiger partial charge in [0.15, 0.2) is 5.69 Å². The number of nitrogens with zero attached hydrogens (tertiary/aromatic N) is 1. The van der Waals surface area contributed by atoms with Crippen LogP contribution in [0, 0.1) is 5.92 Å². The number of aliphatic hydroxyl groups is 1. The van der Waals surface area contributed by atoms with Crippen LogP contribution in [0.4, 0.5) is 0 Å². The first kappa shape index (κ1) is 16.9. The molecule has 0 aliphatic rings. The van der Waals surface area contributed by atoms with Gasteiger partial charge in [-0.05, 0) is 5.92 Å². The van der Waals surface area contributed by atoms with Crippen molar-refractivity contribution in [1.82, 2.24) is 10.5 Å². The summed E-state index contributed by atoms with van der Waals surface area (Å²) in [4.78, 5) is 23.2. The van der Waals surface area contributed by atoms with E-state index >= 15 is 0 Å². The van der Waals surface area contributed by atoms with E-state index in [1.54, 1.807) is 0 Å². The van der Waals surface area contributed by atoms with E-state index in [1.807, 2.05) is 13.8 Å². The van der Waals surface area contributed by atoms with Crippen molar-refractivity contribution in [3.63, 3.8) is 0 Å². The fraction of sp³-hybridized carbons (Fsp3) is 0.500. The number of amides is 1. The quantitative estimate of drug-likeness (QED) is 0.573. The second-order valence-electron chi connectivity index (χ2n) is 4.99. The summed E-state index contributed by atoms with van der Waals surface area (Å²) in [6, 6.07) is 0.863. The van der Waals surface area contributed by atoms with Crippen LogP contribution in [0.3, 0.4) is 0 Å². The molecule has 0 saturated carbocycles. The number of hydrogen-bond acceptors (Lipinski definition) is 6. The summed E-state index contributed by atoms with van der Waals surface area (Å²) in [5, 5.41) is 16.4. The first-order valence-corrected chi connectivity index (χ1v) is 6.52. The number of esters is 1. The van der Waals surface area contributed by atoms with Crippen molar-refractivity contribution in [2.45, 2.75) is 32.4 Å². The van der Waals surface area contributed by atoms with Crippen molar-refractivity contribution < 1.29 is 24.0 Å². The molecular formula is C14H20N2O5. The third kappa shape index (κ3) is 4.71. The number of hydrogen-bond donors (Lipinski definition) is 2. The Kier molecular flexibility index (Phi) is 6.10. The Morgan fingerprint density at radius 2 is 2.19 bits per heavy atom. The number of aliphatic hydroxyl groups excluding tert-OH is 1. The van der Waals surface area contributed by atoms with Crippen molar-refractivity contribution in [3.8, 4) is 0 Å². The SMILES string of the molecule is C=C(C[C@@H](O)[C@@H](NC(=O)c1ccon1)C(C)C)C(=O)OC. The minimum Gasteiger partial charge on any atom is -0.466 e. The number of aromatic nitrogens is 1. The zero-order valence-corrected chi connectivity index (χ0v) is 12.3. The zero-order valence-electron chi connectivity index (χ0n) is 12.3. The Labute approximate surface area is 123 Å². The van der Waals surface area contributed by atoms with Gasteiger partial charge in [0.2, 0.25) is 0 Å². The van der Waals surface area contributed by atoms with Gasteiger partial charge in [-0.3, -0.25) is 4.79 Å². The molecule has 2 atom stereocenters. The van der Waals surface area contributed by atoms with Crippen LogP contribution in [0.2, 0.25) is 0 Å². The Hall–Kier alpha value is -2.15. The summed E-state index contributed by atoms with van der Waals surface area (Å²) in [6.45, 7) is 7.25. The number of ether oxygens (including phenoxy) is 1. The van der Waals surface area contributed by atoms with Crippen LogP contribution in [-0.2, 0) is 9.53 Å². The first-order chi connectivity index (χ1) is 9.86.